The highest BCUT2D eigenvalue weighted by Crippen LogP contribution is 2.54. The maximum Gasteiger partial charge on any atom is 0.241 e. The smallest absolute Gasteiger partial charge is 0.241 e. The molecule has 0 aromatic heterocycles. The Labute approximate surface area is 175 Å². The predicted octanol–water partition coefficient (Wildman–Crippen LogP) is 4.22. The molecule has 3 aliphatic rings. The third-order valence-corrected chi connectivity index (χ3v) is 6.15. The van der Waals surface area contributed by atoms with Gasteiger partial charge in [-0.15, -0.1) is 0 Å². The van der Waals surface area contributed by atoms with E-state index in [0.29, 0.717) is 29.9 Å². The van der Waals surface area contributed by atoms with Gasteiger partial charge in [0.1, 0.15) is 17.6 Å². The molecule has 156 valence electrons. The summed E-state index contributed by atoms with van der Waals surface area (Å²) in [7, 11) is 4.86. The van der Waals surface area contributed by atoms with Crippen LogP contribution < -0.4 is 14.2 Å². The molecule has 2 aromatic rings. The molecule has 2 bridgehead atoms. The van der Waals surface area contributed by atoms with Crippen molar-refractivity contribution in [2.75, 3.05) is 21.3 Å². The lowest BCUT2D eigenvalue weighted by atomic mass is 9.80. The number of ether oxygens (including phenoxy) is 5. The van der Waals surface area contributed by atoms with E-state index in [-0.39, 0.29) is 5.78 Å². The van der Waals surface area contributed by atoms with Crippen LogP contribution in [0.4, 0.5) is 0 Å². The van der Waals surface area contributed by atoms with Crippen molar-refractivity contribution >= 4 is 5.78 Å². The van der Waals surface area contributed by atoms with Gasteiger partial charge in [-0.05, 0) is 53.9 Å². The van der Waals surface area contributed by atoms with Gasteiger partial charge >= 0.3 is 0 Å². The number of allylic oxidation sites excluding steroid dienone is 1. The van der Waals surface area contributed by atoms with E-state index in [2.05, 4.69) is 0 Å². The zero-order valence-electron chi connectivity index (χ0n) is 17.3. The van der Waals surface area contributed by atoms with Crippen LogP contribution in [0.3, 0.4) is 0 Å². The van der Waals surface area contributed by atoms with E-state index in [1.54, 1.807) is 21.3 Å². The molecule has 30 heavy (non-hydrogen) atoms. The quantitative estimate of drug-likeness (QED) is 0.755. The summed E-state index contributed by atoms with van der Waals surface area (Å²) in [6.45, 7) is 0. The highest BCUT2D eigenvalue weighted by molar-refractivity contribution is 5.98. The lowest BCUT2D eigenvalue weighted by molar-refractivity contribution is -0.270. The number of hydrogen-bond acceptors (Lipinski definition) is 6. The van der Waals surface area contributed by atoms with Gasteiger partial charge in [-0.3, -0.25) is 4.79 Å². The number of carbonyl (C=O) groups is 1. The molecular formula is C24H24O6. The first-order valence-electron chi connectivity index (χ1n) is 10.1. The van der Waals surface area contributed by atoms with E-state index in [1.165, 1.54) is 0 Å². The number of hydrogen-bond donors (Lipinski definition) is 0. The van der Waals surface area contributed by atoms with Crippen LogP contribution in [0.25, 0.3) is 0 Å². The van der Waals surface area contributed by atoms with E-state index < -0.39 is 11.9 Å². The normalized spacial score (nSPS) is 24.5. The van der Waals surface area contributed by atoms with Crippen LogP contribution in [0.2, 0.25) is 0 Å². The highest BCUT2D eigenvalue weighted by atomic mass is 16.7. The molecule has 6 heteroatoms. The maximum atomic E-state index is 12.8. The molecule has 0 spiro atoms. The van der Waals surface area contributed by atoms with Gasteiger partial charge in [0.2, 0.25) is 5.79 Å². The van der Waals surface area contributed by atoms with Crippen molar-refractivity contribution in [2.24, 2.45) is 0 Å². The van der Waals surface area contributed by atoms with Gasteiger partial charge in [0, 0.05) is 24.8 Å². The van der Waals surface area contributed by atoms with Gasteiger partial charge < -0.3 is 23.7 Å². The summed E-state index contributed by atoms with van der Waals surface area (Å²) < 4.78 is 29.4. The molecule has 1 aliphatic carbocycles. The third-order valence-electron chi connectivity index (χ3n) is 6.15. The van der Waals surface area contributed by atoms with Crippen molar-refractivity contribution in [2.45, 2.75) is 37.6 Å². The van der Waals surface area contributed by atoms with Gasteiger partial charge in [-0.25, -0.2) is 0 Å². The first-order valence-corrected chi connectivity index (χ1v) is 10.1. The van der Waals surface area contributed by atoms with E-state index in [0.717, 1.165) is 41.0 Å². The number of rotatable bonds is 4. The number of carbonyl (C=O) groups excluding carboxylic acids is 1. The highest BCUT2D eigenvalue weighted by Gasteiger charge is 2.51. The minimum atomic E-state index is -1.00. The Balaban J connectivity index is 1.70. The topological polar surface area (TPSA) is 63.2 Å². The van der Waals surface area contributed by atoms with Crippen molar-refractivity contribution in [1.82, 2.24) is 0 Å². The standard InChI is InChI=1S/C24H24O6/c1-26-16-9-7-15(8-10-16)24-13-14-11-20(27-2)21(28-3)12-17(14)23(30-24)22-18(25)5-4-6-19(22)29-24/h7-12,23H,4-6,13H2,1-3H3/t23-,24-/m0/s1. The van der Waals surface area contributed by atoms with E-state index in [4.69, 9.17) is 23.7 Å². The molecule has 2 heterocycles. The van der Waals surface area contributed by atoms with Gasteiger partial charge in [-0.1, -0.05) is 0 Å². The van der Waals surface area contributed by atoms with E-state index in [1.807, 2.05) is 36.4 Å². The van der Waals surface area contributed by atoms with Crippen LogP contribution in [0, 0.1) is 0 Å². The Kier molecular flexibility index (Phi) is 4.47. The summed E-state index contributed by atoms with van der Waals surface area (Å²) in [5, 5.41) is 0. The Morgan fingerprint density at radius 3 is 2.40 bits per heavy atom. The lowest BCUT2D eigenvalue weighted by Gasteiger charge is -2.48. The summed E-state index contributed by atoms with van der Waals surface area (Å²) in [6, 6.07) is 11.6. The second-order valence-electron chi connectivity index (χ2n) is 7.78. The lowest BCUT2D eigenvalue weighted by Crippen LogP contribution is -2.46. The molecule has 2 atom stereocenters. The minimum Gasteiger partial charge on any atom is -0.497 e. The van der Waals surface area contributed by atoms with Crippen molar-refractivity contribution < 1.29 is 28.5 Å². The Morgan fingerprint density at radius 2 is 1.70 bits per heavy atom. The average Bonchev–Trinajstić information content (AvgIpc) is 2.78. The second kappa shape index (κ2) is 7.06. The van der Waals surface area contributed by atoms with Crippen molar-refractivity contribution in [3.63, 3.8) is 0 Å². The molecule has 6 nitrogen and oxygen atoms in total. The Hall–Kier alpha value is -2.99. The van der Waals surface area contributed by atoms with Gasteiger partial charge in [0.05, 0.1) is 26.9 Å². The van der Waals surface area contributed by atoms with Crippen LogP contribution in [0.15, 0.2) is 47.7 Å². The van der Waals surface area contributed by atoms with E-state index >= 15 is 0 Å². The molecule has 0 unspecified atom stereocenters. The molecule has 0 N–H and O–H groups in total. The van der Waals surface area contributed by atoms with Crippen molar-refractivity contribution in [3.8, 4) is 17.2 Å². The van der Waals surface area contributed by atoms with Crippen molar-refractivity contribution in [3.05, 3.63) is 64.4 Å². The monoisotopic (exact) mass is 408 g/mol. The molecule has 0 saturated carbocycles. The number of Topliss-reactive ketones (excluding diaryl/α,β-unsaturated/α-hetero) is 1. The predicted molar refractivity (Wildman–Crippen MR) is 109 cm³/mol. The number of ketones is 1. The molecule has 0 saturated heterocycles. The minimum absolute atomic E-state index is 0.0900. The molecule has 0 radical (unpaired) electrons. The van der Waals surface area contributed by atoms with Crippen molar-refractivity contribution in [1.29, 1.82) is 0 Å². The van der Waals surface area contributed by atoms with E-state index in [9.17, 15) is 4.79 Å². The van der Waals surface area contributed by atoms with Crippen LogP contribution in [0.5, 0.6) is 17.2 Å². The fourth-order valence-electron chi connectivity index (χ4n) is 4.66. The molecule has 0 amide bonds. The van der Waals surface area contributed by atoms with Gasteiger partial charge in [-0.2, -0.15) is 0 Å². The average molecular weight is 408 g/mol. The SMILES string of the molecule is COc1ccc([C@]23Cc4cc(OC)c(OC)cc4[C@H](O2)C2=C(CCCC2=O)O3)cc1. The molecule has 0 fully saturated rings. The fraction of sp³-hybridized carbons (Fsp3) is 0.375. The van der Waals surface area contributed by atoms with Crippen LogP contribution in [-0.4, -0.2) is 27.1 Å². The zero-order valence-corrected chi connectivity index (χ0v) is 17.3. The number of methoxy groups -OCH3 is 3. The van der Waals surface area contributed by atoms with Crippen LogP contribution >= 0.6 is 0 Å². The van der Waals surface area contributed by atoms with Crippen LogP contribution in [-0.2, 0) is 26.5 Å². The molecular weight excluding hydrogens is 384 g/mol. The molecule has 2 aliphatic heterocycles. The summed E-state index contributed by atoms with van der Waals surface area (Å²) in [5.74, 6) is 1.86. The second-order valence-corrected chi connectivity index (χ2v) is 7.78. The summed E-state index contributed by atoms with van der Waals surface area (Å²) in [5.41, 5.74) is 3.48. The zero-order chi connectivity index (χ0) is 20.9. The number of benzene rings is 2. The van der Waals surface area contributed by atoms with Gasteiger partial charge in [0.15, 0.2) is 17.3 Å². The Bertz CT molecular complexity index is 1040. The molecule has 5 rings (SSSR count). The fourth-order valence-corrected chi connectivity index (χ4v) is 4.66. The molecule has 2 aromatic carbocycles. The van der Waals surface area contributed by atoms with Gasteiger partial charge in [0.25, 0.3) is 0 Å². The summed E-state index contributed by atoms with van der Waals surface area (Å²) in [4.78, 5) is 12.8. The largest absolute Gasteiger partial charge is 0.497 e. The number of fused-ring (bicyclic) bond motifs is 5. The van der Waals surface area contributed by atoms with Crippen LogP contribution in [0.1, 0.15) is 42.1 Å². The first-order chi connectivity index (χ1) is 14.6. The summed E-state index contributed by atoms with van der Waals surface area (Å²) in [6.07, 6.45) is 2.05. The maximum absolute atomic E-state index is 12.8. The third kappa shape index (κ3) is 2.78. The summed E-state index contributed by atoms with van der Waals surface area (Å²) >= 11 is 0. The Morgan fingerprint density at radius 1 is 0.967 bits per heavy atom. The first kappa shape index (κ1) is 19.0.